The lowest BCUT2D eigenvalue weighted by atomic mass is 10.0. The maximum atomic E-state index is 12.3. The van der Waals surface area contributed by atoms with Gasteiger partial charge < -0.3 is 14.6 Å². The van der Waals surface area contributed by atoms with Crippen LogP contribution in [-0.2, 0) is 19.1 Å². The molecule has 0 bridgehead atoms. The Kier molecular flexibility index (Phi) is 66.2. The summed E-state index contributed by atoms with van der Waals surface area (Å²) in [6.07, 6.45) is 84.5. The van der Waals surface area contributed by atoms with Gasteiger partial charge in [0.15, 0.2) is 6.10 Å². The molecule has 0 aromatic rings. The van der Waals surface area contributed by atoms with Crippen molar-refractivity contribution in [2.24, 2.45) is 0 Å². The first kappa shape index (κ1) is 73.9. The average molecular weight is 1060 g/mol. The fourth-order valence-electron chi connectivity index (χ4n) is 11.4. The zero-order valence-corrected chi connectivity index (χ0v) is 51.6. The fraction of sp³-hybridized carbons (Fsp3) is 0.971. The van der Waals surface area contributed by atoms with Crippen molar-refractivity contribution < 1.29 is 24.2 Å². The van der Waals surface area contributed by atoms with Crippen molar-refractivity contribution in [2.45, 2.75) is 424 Å². The Labute approximate surface area is 471 Å². The highest BCUT2D eigenvalue weighted by molar-refractivity contribution is 5.70. The van der Waals surface area contributed by atoms with Gasteiger partial charge in [-0.1, -0.05) is 393 Å². The molecule has 0 fully saturated rings. The molecule has 0 spiro atoms. The highest BCUT2D eigenvalue weighted by Gasteiger charge is 2.16. The van der Waals surface area contributed by atoms with E-state index in [9.17, 15) is 14.7 Å². The largest absolute Gasteiger partial charge is 0.462 e. The number of rotatable bonds is 67. The predicted molar refractivity (Wildman–Crippen MR) is 330 cm³/mol. The van der Waals surface area contributed by atoms with Crippen LogP contribution in [0.2, 0.25) is 0 Å². The normalized spacial score (nSPS) is 12.0. The number of hydrogen-bond acceptors (Lipinski definition) is 5. The third-order valence-electron chi connectivity index (χ3n) is 16.7. The molecule has 0 rings (SSSR count). The maximum absolute atomic E-state index is 12.3. The van der Waals surface area contributed by atoms with Crippen LogP contribution < -0.4 is 0 Å². The zero-order valence-electron chi connectivity index (χ0n) is 51.6. The molecule has 1 N–H and O–H groups in total. The average Bonchev–Trinajstić information content (AvgIpc) is 3.41. The van der Waals surface area contributed by atoms with E-state index in [1.54, 1.807) is 0 Å². The molecule has 0 aliphatic carbocycles. The van der Waals surface area contributed by atoms with E-state index in [2.05, 4.69) is 13.8 Å². The van der Waals surface area contributed by atoms with Crippen LogP contribution in [0.4, 0.5) is 0 Å². The van der Waals surface area contributed by atoms with Crippen molar-refractivity contribution in [1.29, 1.82) is 0 Å². The summed E-state index contributed by atoms with van der Waals surface area (Å²) >= 11 is 0. The Bertz CT molecular complexity index is 1060. The molecule has 0 aliphatic rings. The number of hydrogen-bond donors (Lipinski definition) is 1. The number of carbonyl (C=O) groups is 2. The van der Waals surface area contributed by atoms with Crippen LogP contribution in [0.5, 0.6) is 0 Å². The molecule has 0 saturated heterocycles. The lowest BCUT2D eigenvalue weighted by Crippen LogP contribution is -2.28. The molecular formula is C70H138O5. The van der Waals surface area contributed by atoms with E-state index in [-0.39, 0.29) is 25.2 Å². The van der Waals surface area contributed by atoms with Gasteiger partial charge in [0.05, 0.1) is 6.61 Å². The molecule has 0 aromatic heterocycles. The third kappa shape index (κ3) is 65.3. The van der Waals surface area contributed by atoms with Gasteiger partial charge in [-0.2, -0.15) is 0 Å². The summed E-state index contributed by atoms with van der Waals surface area (Å²) in [4.78, 5) is 24.6. The van der Waals surface area contributed by atoms with Crippen LogP contribution in [0.25, 0.3) is 0 Å². The Morgan fingerprint density at radius 2 is 0.413 bits per heavy atom. The Morgan fingerprint density at radius 1 is 0.253 bits per heavy atom. The van der Waals surface area contributed by atoms with Crippen LogP contribution >= 0.6 is 0 Å². The second kappa shape index (κ2) is 67.2. The number of carbonyl (C=O) groups excluding carboxylic acids is 2. The minimum atomic E-state index is -0.765. The topological polar surface area (TPSA) is 72.8 Å². The van der Waals surface area contributed by atoms with E-state index in [1.807, 2.05) is 0 Å². The predicted octanol–water partition coefficient (Wildman–Crippen LogP) is 24.0. The minimum Gasteiger partial charge on any atom is -0.462 e. The molecule has 0 amide bonds. The van der Waals surface area contributed by atoms with Gasteiger partial charge in [-0.25, -0.2) is 0 Å². The van der Waals surface area contributed by atoms with Crippen molar-refractivity contribution in [3.8, 4) is 0 Å². The van der Waals surface area contributed by atoms with E-state index in [1.165, 1.54) is 360 Å². The summed E-state index contributed by atoms with van der Waals surface area (Å²) in [5, 5.41) is 9.68. The van der Waals surface area contributed by atoms with Gasteiger partial charge in [0, 0.05) is 12.8 Å². The number of esters is 2. The van der Waals surface area contributed by atoms with Gasteiger partial charge in [0.1, 0.15) is 6.61 Å². The van der Waals surface area contributed by atoms with Gasteiger partial charge in [-0.15, -0.1) is 0 Å². The highest BCUT2D eigenvalue weighted by atomic mass is 16.6. The summed E-state index contributed by atoms with van der Waals surface area (Å²) in [5.74, 6) is -0.560. The van der Waals surface area contributed by atoms with Crippen LogP contribution in [-0.4, -0.2) is 36.4 Å². The Hall–Kier alpha value is -1.10. The van der Waals surface area contributed by atoms with Crippen LogP contribution in [0.3, 0.4) is 0 Å². The Morgan fingerprint density at radius 3 is 0.587 bits per heavy atom. The van der Waals surface area contributed by atoms with Gasteiger partial charge in [-0.05, 0) is 12.8 Å². The molecule has 75 heavy (non-hydrogen) atoms. The molecule has 0 saturated carbocycles. The van der Waals surface area contributed by atoms with E-state index in [4.69, 9.17) is 9.47 Å². The second-order valence-electron chi connectivity index (χ2n) is 24.3. The van der Waals surface area contributed by atoms with Crippen molar-refractivity contribution in [1.82, 2.24) is 0 Å². The summed E-state index contributed by atoms with van der Waals surface area (Å²) in [5.41, 5.74) is 0. The SMILES string of the molecule is CCCCCCCCCCCCCCCCCCCCCCCCCCCCCCCCCCCCCCCCCCCC(=O)OC(CO)COC(=O)CCCCCCCCCCCCCCCCCCCCCC. The second-order valence-corrected chi connectivity index (χ2v) is 24.3. The van der Waals surface area contributed by atoms with Gasteiger partial charge in [0.25, 0.3) is 0 Å². The van der Waals surface area contributed by atoms with E-state index < -0.39 is 6.10 Å². The lowest BCUT2D eigenvalue weighted by Gasteiger charge is -2.15. The molecule has 1 atom stereocenters. The minimum absolute atomic E-state index is 0.0555. The zero-order chi connectivity index (χ0) is 54.1. The standard InChI is InChI=1S/C70H138O5/c1-3-5-7-9-11-13-15-17-19-21-23-25-26-27-28-29-30-31-32-33-34-35-36-37-38-39-40-41-42-43-44-45-47-49-51-53-55-57-59-61-63-65-70(73)75-68(66-71)67-74-69(72)64-62-60-58-56-54-52-50-48-46-24-22-20-18-16-14-12-10-8-6-4-2/h68,71H,3-67H2,1-2H3. The van der Waals surface area contributed by atoms with Crippen molar-refractivity contribution >= 4 is 11.9 Å². The molecule has 0 aliphatic heterocycles. The van der Waals surface area contributed by atoms with Crippen LogP contribution in [0, 0.1) is 0 Å². The van der Waals surface area contributed by atoms with Crippen LogP contribution in [0.1, 0.15) is 418 Å². The van der Waals surface area contributed by atoms with Crippen molar-refractivity contribution in [3.63, 3.8) is 0 Å². The van der Waals surface area contributed by atoms with E-state index in [0.29, 0.717) is 12.8 Å². The first-order chi connectivity index (χ1) is 37.1. The smallest absolute Gasteiger partial charge is 0.306 e. The molecule has 5 heteroatoms. The lowest BCUT2D eigenvalue weighted by molar-refractivity contribution is -0.161. The summed E-state index contributed by atoms with van der Waals surface area (Å²) in [7, 11) is 0. The number of unbranched alkanes of at least 4 members (excludes halogenated alkanes) is 59. The van der Waals surface area contributed by atoms with Crippen LogP contribution in [0.15, 0.2) is 0 Å². The van der Waals surface area contributed by atoms with Gasteiger partial charge >= 0.3 is 11.9 Å². The molecule has 0 aromatic carbocycles. The summed E-state index contributed by atoms with van der Waals surface area (Å²) in [6, 6.07) is 0. The highest BCUT2D eigenvalue weighted by Crippen LogP contribution is 2.20. The van der Waals surface area contributed by atoms with Gasteiger partial charge in [-0.3, -0.25) is 9.59 Å². The molecule has 0 heterocycles. The molecule has 0 radical (unpaired) electrons. The fourth-order valence-corrected chi connectivity index (χ4v) is 11.4. The maximum Gasteiger partial charge on any atom is 0.306 e. The number of aliphatic hydroxyl groups excluding tert-OH is 1. The van der Waals surface area contributed by atoms with Gasteiger partial charge in [0.2, 0.25) is 0 Å². The molecular weight excluding hydrogens is 921 g/mol. The van der Waals surface area contributed by atoms with Crippen molar-refractivity contribution in [2.75, 3.05) is 13.2 Å². The number of ether oxygens (including phenoxy) is 2. The first-order valence-electron chi connectivity index (χ1n) is 35.1. The Balaban J connectivity index is 3.32. The monoisotopic (exact) mass is 1060 g/mol. The first-order valence-corrected chi connectivity index (χ1v) is 35.1. The van der Waals surface area contributed by atoms with Crippen molar-refractivity contribution in [3.05, 3.63) is 0 Å². The summed E-state index contributed by atoms with van der Waals surface area (Å²) < 4.78 is 10.8. The molecule has 5 nitrogen and oxygen atoms in total. The van der Waals surface area contributed by atoms with E-state index in [0.717, 1.165) is 32.1 Å². The molecule has 448 valence electrons. The third-order valence-corrected chi connectivity index (χ3v) is 16.7. The summed E-state index contributed by atoms with van der Waals surface area (Å²) in [6.45, 7) is 4.22. The quantitative estimate of drug-likeness (QED) is 0.0485. The van der Waals surface area contributed by atoms with E-state index >= 15 is 0 Å². The molecule has 1 unspecified atom stereocenters. The number of aliphatic hydroxyl groups is 1.